The number of hydrogen-bond donors (Lipinski definition) is 0. The predicted octanol–water partition coefficient (Wildman–Crippen LogP) is 1.26. The van der Waals surface area contributed by atoms with Gasteiger partial charge in [-0.1, -0.05) is 21.1 Å². The van der Waals surface area contributed by atoms with Crippen molar-refractivity contribution in [3.63, 3.8) is 0 Å². The van der Waals surface area contributed by atoms with Gasteiger partial charge in [0.2, 0.25) is 0 Å². The monoisotopic (exact) mass is 441 g/mol. The number of aromatic nitrogens is 8. The molecule has 0 bridgehead atoms. The van der Waals surface area contributed by atoms with Crippen molar-refractivity contribution in [2.75, 3.05) is 13.1 Å². The smallest absolute Gasteiger partial charge is 0.272 e. The predicted molar refractivity (Wildman–Crippen MR) is 103 cm³/mol. The summed E-state index contributed by atoms with van der Waals surface area (Å²) in [5.41, 5.74) is 2.18. The number of hydrogen-bond acceptors (Lipinski definition) is 6. The molecule has 4 heterocycles. The molecular formula is C17H16BrN9O. The van der Waals surface area contributed by atoms with Crippen LogP contribution in [0, 0.1) is 0 Å². The molecule has 4 aromatic rings. The van der Waals surface area contributed by atoms with Crippen LogP contribution in [0.2, 0.25) is 0 Å². The highest BCUT2D eigenvalue weighted by molar-refractivity contribution is 9.10. The summed E-state index contributed by atoms with van der Waals surface area (Å²) in [4.78, 5) is 16.3. The normalized spacial score (nSPS) is 14.6. The molecule has 0 radical (unpaired) electrons. The third kappa shape index (κ3) is 2.87. The average molecular weight is 442 g/mol. The number of likely N-dealkylation sites (tertiary alicyclic amines) is 1. The van der Waals surface area contributed by atoms with Crippen LogP contribution in [-0.4, -0.2) is 63.7 Å². The van der Waals surface area contributed by atoms with E-state index in [0.717, 1.165) is 21.1 Å². The molecule has 142 valence electrons. The van der Waals surface area contributed by atoms with Crippen LogP contribution >= 0.6 is 15.9 Å². The molecule has 0 spiro atoms. The number of fused-ring (bicyclic) bond motifs is 1. The largest absolute Gasteiger partial charge is 0.333 e. The van der Waals surface area contributed by atoms with E-state index in [0.29, 0.717) is 25.3 Å². The van der Waals surface area contributed by atoms with Gasteiger partial charge >= 0.3 is 0 Å². The molecule has 0 aliphatic carbocycles. The Hall–Kier alpha value is -3.08. The molecular weight excluding hydrogens is 426 g/mol. The van der Waals surface area contributed by atoms with Crippen molar-refractivity contribution in [3.8, 4) is 0 Å². The van der Waals surface area contributed by atoms with Crippen molar-refractivity contribution in [2.45, 2.75) is 12.6 Å². The van der Waals surface area contributed by atoms with Gasteiger partial charge in [-0.05, 0) is 18.2 Å². The molecule has 1 amide bonds. The van der Waals surface area contributed by atoms with Gasteiger partial charge in [-0.2, -0.15) is 20.1 Å². The fraction of sp³-hybridized carbons (Fsp3) is 0.294. The summed E-state index contributed by atoms with van der Waals surface area (Å²) in [7, 11) is 1.80. The lowest BCUT2D eigenvalue weighted by atomic mass is 10.1. The minimum absolute atomic E-state index is 0.0235. The maximum atomic E-state index is 13.0. The summed E-state index contributed by atoms with van der Waals surface area (Å²) in [5, 5.41) is 21.8. The van der Waals surface area contributed by atoms with Crippen molar-refractivity contribution in [2.24, 2.45) is 7.05 Å². The number of amides is 1. The maximum Gasteiger partial charge on any atom is 0.272 e. The Morgan fingerprint density at radius 1 is 1.25 bits per heavy atom. The Kier molecular flexibility index (Phi) is 3.97. The van der Waals surface area contributed by atoms with Crippen LogP contribution in [0.15, 0.2) is 41.3 Å². The zero-order chi connectivity index (χ0) is 19.3. The van der Waals surface area contributed by atoms with E-state index in [1.165, 1.54) is 0 Å². The molecule has 1 saturated heterocycles. The van der Waals surface area contributed by atoms with Gasteiger partial charge in [-0.15, -0.1) is 5.10 Å². The summed E-state index contributed by atoms with van der Waals surface area (Å²) in [6, 6.07) is 5.87. The first-order chi connectivity index (χ1) is 13.6. The van der Waals surface area contributed by atoms with Gasteiger partial charge in [0.15, 0.2) is 0 Å². The first-order valence-electron chi connectivity index (χ1n) is 8.75. The molecule has 11 heteroatoms. The minimum atomic E-state index is -0.0235. The van der Waals surface area contributed by atoms with Crippen LogP contribution in [0.25, 0.3) is 10.9 Å². The highest BCUT2D eigenvalue weighted by atomic mass is 79.9. The highest BCUT2D eigenvalue weighted by Crippen LogP contribution is 2.27. The summed E-state index contributed by atoms with van der Waals surface area (Å²) < 4.78 is 4.40. The molecule has 1 aromatic carbocycles. The van der Waals surface area contributed by atoms with Crippen LogP contribution in [0.4, 0.5) is 0 Å². The van der Waals surface area contributed by atoms with Crippen molar-refractivity contribution in [1.82, 2.24) is 44.7 Å². The van der Waals surface area contributed by atoms with E-state index in [1.54, 1.807) is 38.5 Å². The zero-order valence-electron chi connectivity index (χ0n) is 15.0. The van der Waals surface area contributed by atoms with E-state index in [2.05, 4.69) is 41.5 Å². The number of nitrogens with zero attached hydrogens (tertiary/aromatic N) is 9. The van der Waals surface area contributed by atoms with Crippen LogP contribution in [-0.2, 0) is 13.6 Å². The van der Waals surface area contributed by atoms with Gasteiger partial charge in [0.25, 0.3) is 5.91 Å². The van der Waals surface area contributed by atoms with Crippen molar-refractivity contribution in [1.29, 1.82) is 0 Å². The van der Waals surface area contributed by atoms with Crippen molar-refractivity contribution < 1.29 is 4.79 Å². The summed E-state index contributed by atoms with van der Waals surface area (Å²) in [6.07, 6.45) is 5.13. The summed E-state index contributed by atoms with van der Waals surface area (Å²) in [5.74, 6) is -0.0235. The molecule has 0 saturated carbocycles. The fourth-order valence-corrected chi connectivity index (χ4v) is 3.75. The molecule has 0 atom stereocenters. The van der Waals surface area contributed by atoms with Crippen LogP contribution in [0.3, 0.4) is 0 Å². The zero-order valence-corrected chi connectivity index (χ0v) is 16.6. The number of carbonyl (C=O) groups is 1. The van der Waals surface area contributed by atoms with Crippen molar-refractivity contribution in [3.05, 3.63) is 52.7 Å². The van der Waals surface area contributed by atoms with E-state index >= 15 is 0 Å². The lowest BCUT2D eigenvalue weighted by molar-refractivity contribution is 0.0489. The van der Waals surface area contributed by atoms with Gasteiger partial charge < -0.3 is 4.90 Å². The number of halogens is 1. The topological polar surface area (TPSA) is 99.6 Å². The van der Waals surface area contributed by atoms with E-state index in [4.69, 9.17) is 0 Å². The lowest BCUT2D eigenvalue weighted by Gasteiger charge is -2.38. The number of aryl methyl sites for hydroxylation is 1. The Bertz CT molecular complexity index is 1160. The SMILES string of the molecule is Cn1nc2cc(Br)ccc2c1C(=O)N1CC(n2cc(Cn3nccn3)nn2)C1. The standard InChI is InChI=1S/C17H16BrN9O/c1-24-16(14-3-2-11(18)6-15(14)22-24)17(28)25-9-13(10-25)26-7-12(21-23-26)8-27-19-4-5-20-27/h2-7,13H,8-10H2,1H3. The van der Waals surface area contributed by atoms with Crippen LogP contribution in [0.5, 0.6) is 0 Å². The van der Waals surface area contributed by atoms with E-state index < -0.39 is 0 Å². The Morgan fingerprint density at radius 2 is 2.04 bits per heavy atom. The third-order valence-electron chi connectivity index (χ3n) is 4.85. The van der Waals surface area contributed by atoms with Gasteiger partial charge in [-0.3, -0.25) is 9.48 Å². The molecule has 3 aromatic heterocycles. The maximum absolute atomic E-state index is 13.0. The second-order valence-corrected chi connectivity index (χ2v) is 7.66. The molecule has 28 heavy (non-hydrogen) atoms. The lowest BCUT2D eigenvalue weighted by Crippen LogP contribution is -2.51. The first kappa shape index (κ1) is 17.0. The highest BCUT2D eigenvalue weighted by Gasteiger charge is 2.35. The third-order valence-corrected chi connectivity index (χ3v) is 5.34. The average Bonchev–Trinajstić information content (AvgIpc) is 3.34. The van der Waals surface area contributed by atoms with E-state index in [-0.39, 0.29) is 11.9 Å². The van der Waals surface area contributed by atoms with Gasteiger partial charge in [0.1, 0.15) is 17.9 Å². The molecule has 1 aliphatic rings. The Labute approximate surface area is 167 Å². The quantitative estimate of drug-likeness (QED) is 0.472. The van der Waals surface area contributed by atoms with E-state index in [9.17, 15) is 4.79 Å². The molecule has 0 unspecified atom stereocenters. The molecule has 0 N–H and O–H groups in total. The van der Waals surface area contributed by atoms with Crippen LogP contribution in [0.1, 0.15) is 22.2 Å². The Morgan fingerprint density at radius 3 is 2.82 bits per heavy atom. The fourth-order valence-electron chi connectivity index (χ4n) is 3.40. The van der Waals surface area contributed by atoms with Gasteiger partial charge in [-0.25, -0.2) is 4.68 Å². The number of rotatable bonds is 4. The molecule has 1 aliphatic heterocycles. The van der Waals surface area contributed by atoms with Crippen molar-refractivity contribution >= 4 is 32.7 Å². The molecule has 1 fully saturated rings. The van der Waals surface area contributed by atoms with Crippen LogP contribution < -0.4 is 0 Å². The molecule has 10 nitrogen and oxygen atoms in total. The first-order valence-corrected chi connectivity index (χ1v) is 9.54. The summed E-state index contributed by atoms with van der Waals surface area (Å²) >= 11 is 3.44. The van der Waals surface area contributed by atoms with E-state index in [1.807, 2.05) is 24.4 Å². The number of carbonyl (C=O) groups excluding carboxylic acids is 1. The van der Waals surface area contributed by atoms with Gasteiger partial charge in [0.05, 0.1) is 30.1 Å². The van der Waals surface area contributed by atoms with Gasteiger partial charge in [0, 0.05) is 30.0 Å². The Balaban J connectivity index is 1.29. The second-order valence-electron chi connectivity index (χ2n) is 6.75. The summed E-state index contributed by atoms with van der Waals surface area (Å²) in [6.45, 7) is 1.65. The number of benzene rings is 1. The molecule has 5 rings (SSSR count). The minimum Gasteiger partial charge on any atom is -0.333 e. The second kappa shape index (κ2) is 6.51.